The standard InChI is InChI=1S/C12H16F3N3O4S/c1-2-9(7-16-8-12(13,14)15)17-23(21,22)11-5-3-10(4-6-11)18(19)20/h3-6,9,16-17H,2,7-8H2,1H3/t9-/m0/s1. The Morgan fingerprint density at radius 2 is 1.83 bits per heavy atom. The zero-order chi connectivity index (χ0) is 17.7. The highest BCUT2D eigenvalue weighted by Gasteiger charge is 2.27. The van der Waals surface area contributed by atoms with Crippen molar-refractivity contribution in [2.24, 2.45) is 0 Å². The smallest absolute Gasteiger partial charge is 0.307 e. The van der Waals surface area contributed by atoms with Crippen molar-refractivity contribution in [2.75, 3.05) is 13.1 Å². The summed E-state index contributed by atoms with van der Waals surface area (Å²) in [4.78, 5) is 9.66. The van der Waals surface area contributed by atoms with E-state index in [4.69, 9.17) is 0 Å². The molecule has 1 aromatic carbocycles. The van der Waals surface area contributed by atoms with Gasteiger partial charge in [-0.2, -0.15) is 13.2 Å². The van der Waals surface area contributed by atoms with Gasteiger partial charge in [0.2, 0.25) is 10.0 Å². The van der Waals surface area contributed by atoms with Gasteiger partial charge in [-0.15, -0.1) is 0 Å². The van der Waals surface area contributed by atoms with Crippen molar-refractivity contribution in [2.45, 2.75) is 30.5 Å². The van der Waals surface area contributed by atoms with Crippen LogP contribution in [0.4, 0.5) is 18.9 Å². The number of sulfonamides is 1. The van der Waals surface area contributed by atoms with Crippen molar-refractivity contribution in [1.82, 2.24) is 10.0 Å². The molecule has 0 fully saturated rings. The van der Waals surface area contributed by atoms with E-state index < -0.39 is 33.7 Å². The van der Waals surface area contributed by atoms with Gasteiger partial charge >= 0.3 is 6.18 Å². The maximum atomic E-state index is 12.1. The second kappa shape index (κ2) is 7.70. The molecular formula is C12H16F3N3O4S. The lowest BCUT2D eigenvalue weighted by Crippen LogP contribution is -2.43. The molecule has 23 heavy (non-hydrogen) atoms. The number of nitro groups is 1. The van der Waals surface area contributed by atoms with Gasteiger partial charge in [0, 0.05) is 24.7 Å². The van der Waals surface area contributed by atoms with Crippen LogP contribution in [0.25, 0.3) is 0 Å². The van der Waals surface area contributed by atoms with Gasteiger partial charge in [-0.3, -0.25) is 10.1 Å². The van der Waals surface area contributed by atoms with Crippen LogP contribution in [-0.2, 0) is 10.0 Å². The Morgan fingerprint density at radius 3 is 2.26 bits per heavy atom. The molecule has 0 amide bonds. The van der Waals surface area contributed by atoms with Crippen LogP contribution in [-0.4, -0.2) is 38.6 Å². The molecule has 0 spiro atoms. The average Bonchev–Trinajstić information content (AvgIpc) is 2.44. The summed E-state index contributed by atoms with van der Waals surface area (Å²) in [6.45, 7) is 0.212. The number of alkyl halides is 3. The third-order valence-corrected chi connectivity index (χ3v) is 4.43. The lowest BCUT2D eigenvalue weighted by Gasteiger charge is -2.18. The van der Waals surface area contributed by atoms with Crippen LogP contribution in [0.5, 0.6) is 0 Å². The molecule has 11 heteroatoms. The van der Waals surface area contributed by atoms with E-state index in [0.29, 0.717) is 0 Å². The number of nitrogens with zero attached hydrogens (tertiary/aromatic N) is 1. The first kappa shape index (κ1) is 19.3. The van der Waals surface area contributed by atoms with Crippen molar-refractivity contribution in [3.8, 4) is 0 Å². The Labute approximate surface area is 131 Å². The summed E-state index contributed by atoms with van der Waals surface area (Å²) in [5.41, 5.74) is -0.261. The number of nitro benzene ring substituents is 1. The summed E-state index contributed by atoms with van der Waals surface area (Å²) in [6.07, 6.45) is -4.10. The summed E-state index contributed by atoms with van der Waals surface area (Å²) in [5, 5.41) is 12.7. The summed E-state index contributed by atoms with van der Waals surface area (Å²) in [6, 6.07) is 3.47. The molecular weight excluding hydrogens is 339 g/mol. The van der Waals surface area contributed by atoms with Gasteiger partial charge < -0.3 is 5.32 Å². The van der Waals surface area contributed by atoms with E-state index in [2.05, 4.69) is 10.0 Å². The highest BCUT2D eigenvalue weighted by molar-refractivity contribution is 7.89. The first-order valence-corrected chi connectivity index (χ1v) is 8.07. The third kappa shape index (κ3) is 6.50. The summed E-state index contributed by atoms with van der Waals surface area (Å²) in [7, 11) is -3.97. The molecule has 1 aromatic rings. The Balaban J connectivity index is 2.73. The number of halogens is 3. The molecule has 0 saturated carbocycles. The number of non-ortho nitro benzene ring substituents is 1. The monoisotopic (exact) mass is 355 g/mol. The quantitative estimate of drug-likeness (QED) is 0.547. The van der Waals surface area contributed by atoms with Gasteiger partial charge in [0.25, 0.3) is 5.69 Å². The van der Waals surface area contributed by atoms with Gasteiger partial charge in [-0.1, -0.05) is 6.92 Å². The van der Waals surface area contributed by atoms with Crippen LogP contribution in [0, 0.1) is 10.1 Å². The van der Waals surface area contributed by atoms with Crippen LogP contribution >= 0.6 is 0 Å². The van der Waals surface area contributed by atoms with Crippen LogP contribution in [0.1, 0.15) is 13.3 Å². The van der Waals surface area contributed by atoms with Gasteiger partial charge in [-0.05, 0) is 18.6 Å². The Kier molecular flexibility index (Phi) is 6.47. The van der Waals surface area contributed by atoms with Crippen LogP contribution in [0.15, 0.2) is 29.2 Å². The number of rotatable bonds is 8. The molecule has 2 N–H and O–H groups in total. The van der Waals surface area contributed by atoms with Crippen molar-refractivity contribution in [1.29, 1.82) is 0 Å². The number of nitrogens with one attached hydrogen (secondary N) is 2. The zero-order valence-corrected chi connectivity index (χ0v) is 12.9. The molecule has 0 aliphatic carbocycles. The molecule has 0 aliphatic heterocycles. The SMILES string of the molecule is CC[C@@H](CNCC(F)(F)F)NS(=O)(=O)c1ccc([N+](=O)[O-])cc1. The molecule has 1 rings (SSSR count). The minimum Gasteiger partial charge on any atom is -0.307 e. The van der Waals surface area contributed by atoms with E-state index in [1.807, 2.05) is 0 Å². The lowest BCUT2D eigenvalue weighted by atomic mass is 10.2. The van der Waals surface area contributed by atoms with E-state index in [1.54, 1.807) is 6.92 Å². The van der Waals surface area contributed by atoms with Gasteiger partial charge in [0.05, 0.1) is 16.4 Å². The minimum atomic E-state index is -4.38. The zero-order valence-electron chi connectivity index (χ0n) is 12.1. The number of hydrogen-bond donors (Lipinski definition) is 2. The first-order valence-electron chi connectivity index (χ1n) is 6.59. The highest BCUT2D eigenvalue weighted by Crippen LogP contribution is 2.16. The molecule has 0 bridgehead atoms. The molecule has 130 valence electrons. The summed E-state index contributed by atoms with van der Waals surface area (Å²) in [5.74, 6) is 0. The van der Waals surface area contributed by atoms with Crippen LogP contribution in [0.2, 0.25) is 0 Å². The van der Waals surface area contributed by atoms with E-state index in [0.717, 1.165) is 24.3 Å². The predicted molar refractivity (Wildman–Crippen MR) is 76.4 cm³/mol. The minimum absolute atomic E-state index is 0.192. The molecule has 0 aliphatic rings. The first-order chi connectivity index (χ1) is 10.5. The van der Waals surface area contributed by atoms with E-state index >= 15 is 0 Å². The molecule has 0 heterocycles. The fourth-order valence-electron chi connectivity index (χ4n) is 1.69. The predicted octanol–water partition coefficient (Wildman–Crippen LogP) is 1.80. The van der Waals surface area contributed by atoms with Crippen LogP contribution < -0.4 is 10.0 Å². The molecule has 0 unspecified atom stereocenters. The van der Waals surface area contributed by atoms with Crippen molar-refractivity contribution in [3.05, 3.63) is 34.4 Å². The normalized spacial score (nSPS) is 13.7. The fraction of sp³-hybridized carbons (Fsp3) is 0.500. The lowest BCUT2D eigenvalue weighted by molar-refractivity contribution is -0.384. The van der Waals surface area contributed by atoms with Gasteiger partial charge in [-0.25, -0.2) is 13.1 Å². The maximum Gasteiger partial charge on any atom is 0.401 e. The Morgan fingerprint density at radius 1 is 1.26 bits per heavy atom. The second-order valence-electron chi connectivity index (χ2n) is 4.72. The molecule has 0 radical (unpaired) electrons. The van der Waals surface area contributed by atoms with E-state index in [1.165, 1.54) is 0 Å². The summed E-state index contributed by atoms with van der Waals surface area (Å²) >= 11 is 0. The van der Waals surface area contributed by atoms with Crippen molar-refractivity contribution < 1.29 is 26.5 Å². The Bertz CT molecular complexity index is 632. The van der Waals surface area contributed by atoms with Crippen LogP contribution in [0.3, 0.4) is 0 Å². The van der Waals surface area contributed by atoms with E-state index in [9.17, 15) is 31.7 Å². The van der Waals surface area contributed by atoms with E-state index in [-0.39, 0.29) is 23.5 Å². The fourth-order valence-corrected chi connectivity index (χ4v) is 3.01. The second-order valence-corrected chi connectivity index (χ2v) is 6.44. The molecule has 7 nitrogen and oxygen atoms in total. The maximum absolute atomic E-state index is 12.1. The number of hydrogen-bond acceptors (Lipinski definition) is 5. The topological polar surface area (TPSA) is 101 Å². The summed E-state index contributed by atoms with van der Waals surface area (Å²) < 4.78 is 62.7. The van der Waals surface area contributed by atoms with Crippen molar-refractivity contribution in [3.63, 3.8) is 0 Å². The highest BCUT2D eigenvalue weighted by atomic mass is 32.2. The third-order valence-electron chi connectivity index (χ3n) is 2.89. The largest absolute Gasteiger partial charge is 0.401 e. The van der Waals surface area contributed by atoms with Gasteiger partial charge in [0.1, 0.15) is 0 Å². The number of benzene rings is 1. The van der Waals surface area contributed by atoms with Gasteiger partial charge in [0.15, 0.2) is 0 Å². The molecule has 0 saturated heterocycles. The molecule has 1 atom stereocenters. The van der Waals surface area contributed by atoms with Crippen molar-refractivity contribution >= 4 is 15.7 Å². The Hall–Kier alpha value is -1.72. The molecule has 0 aromatic heterocycles. The average molecular weight is 355 g/mol.